The van der Waals surface area contributed by atoms with Crippen molar-refractivity contribution < 1.29 is 23.9 Å². The molecule has 0 bridgehead atoms. The molecule has 1 heterocycles. The molecular formula is C31H47N3O5Si. The summed E-state index contributed by atoms with van der Waals surface area (Å²) in [5, 5.41) is 0.606. The Kier molecular flexibility index (Phi) is 10.5. The van der Waals surface area contributed by atoms with E-state index >= 15 is 0 Å². The van der Waals surface area contributed by atoms with Crippen molar-refractivity contribution in [3.8, 4) is 11.5 Å². The quantitative estimate of drug-likeness (QED) is 0.231. The lowest BCUT2D eigenvalue weighted by Gasteiger charge is -2.40. The molecule has 0 radical (unpaired) electrons. The average molecular weight is 570 g/mol. The van der Waals surface area contributed by atoms with Crippen LogP contribution in [0.3, 0.4) is 0 Å². The molecule has 9 heteroatoms. The molecule has 0 saturated heterocycles. The minimum atomic E-state index is -3.05. The maximum atomic E-state index is 13.6. The van der Waals surface area contributed by atoms with Crippen molar-refractivity contribution >= 4 is 36.6 Å². The van der Waals surface area contributed by atoms with Crippen molar-refractivity contribution in [3.05, 3.63) is 36.2 Å². The van der Waals surface area contributed by atoms with Crippen molar-refractivity contribution in [3.63, 3.8) is 0 Å². The number of aromatic nitrogens is 2. The van der Waals surface area contributed by atoms with Gasteiger partial charge in [0.25, 0.3) is 5.91 Å². The van der Waals surface area contributed by atoms with Crippen LogP contribution in [-0.2, 0) is 9.59 Å². The predicted octanol–water partition coefficient (Wildman–Crippen LogP) is 5.24. The second-order valence-corrected chi connectivity index (χ2v) is 17.8. The first-order valence-corrected chi connectivity index (χ1v) is 16.3. The van der Waals surface area contributed by atoms with Crippen molar-refractivity contribution in [1.82, 2.24) is 14.9 Å². The molecular weight excluding hydrogens is 522 g/mol. The fraction of sp³-hybridized carbons (Fsp3) is 0.581. The summed E-state index contributed by atoms with van der Waals surface area (Å²) in [6, 6.07) is 5.02. The van der Waals surface area contributed by atoms with Gasteiger partial charge in [-0.3, -0.25) is 14.4 Å². The number of nitrogens with zero attached hydrogens (tertiary/aromatic N) is 3. The van der Waals surface area contributed by atoms with Gasteiger partial charge in [-0.25, -0.2) is 9.97 Å². The third-order valence-corrected chi connectivity index (χ3v) is 13.1. The monoisotopic (exact) mass is 569 g/mol. The summed E-state index contributed by atoms with van der Waals surface area (Å²) in [5.74, 6) is -0.723. The van der Waals surface area contributed by atoms with E-state index in [1.165, 1.54) is 0 Å². The topological polar surface area (TPSA) is 98.7 Å². The number of carbonyl (C=O) groups is 3. The molecule has 1 aromatic heterocycles. The number of carbonyl (C=O) groups excluding carboxylic acids is 3. The molecule has 0 aliphatic carbocycles. The van der Waals surface area contributed by atoms with Crippen molar-refractivity contribution in [2.75, 3.05) is 13.1 Å². The first-order valence-electron chi connectivity index (χ1n) is 14.1. The van der Waals surface area contributed by atoms with Crippen molar-refractivity contribution in [2.24, 2.45) is 10.8 Å². The largest absolute Gasteiger partial charge is 0.426 e. The van der Waals surface area contributed by atoms with Gasteiger partial charge in [0, 0.05) is 36.2 Å². The van der Waals surface area contributed by atoms with E-state index in [9.17, 15) is 14.4 Å². The van der Waals surface area contributed by atoms with Gasteiger partial charge in [0.15, 0.2) is 8.07 Å². The van der Waals surface area contributed by atoms with Crippen molar-refractivity contribution in [1.29, 1.82) is 0 Å². The number of ether oxygens (including phenoxy) is 2. The number of esters is 2. The Balaban J connectivity index is 3.15. The molecule has 2 rings (SSSR count). The van der Waals surface area contributed by atoms with E-state index in [4.69, 9.17) is 19.4 Å². The number of amides is 1. The van der Waals surface area contributed by atoms with E-state index in [-0.39, 0.29) is 34.1 Å². The van der Waals surface area contributed by atoms with E-state index in [0.29, 0.717) is 23.7 Å². The first-order chi connectivity index (χ1) is 18.4. The highest BCUT2D eigenvalue weighted by atomic mass is 28.3. The molecule has 2 aromatic rings. The fourth-order valence-corrected chi connectivity index (χ4v) is 10.2. The summed E-state index contributed by atoms with van der Waals surface area (Å²) in [7, 11) is -3.05. The molecule has 8 nitrogen and oxygen atoms in total. The molecule has 0 aliphatic rings. The Labute approximate surface area is 240 Å². The van der Waals surface area contributed by atoms with Crippen LogP contribution in [0.25, 0.3) is 0 Å². The smallest absolute Gasteiger partial charge is 0.316 e. The maximum Gasteiger partial charge on any atom is 0.316 e. The van der Waals surface area contributed by atoms with Gasteiger partial charge in [-0.05, 0) is 84.7 Å². The number of hydrogen-bond acceptors (Lipinski definition) is 7. The Hall–Kier alpha value is -3.07. The van der Waals surface area contributed by atoms with Crippen LogP contribution in [0, 0.1) is 10.8 Å². The maximum absolute atomic E-state index is 13.6. The minimum absolute atomic E-state index is 0.0124. The lowest BCUT2D eigenvalue weighted by Crippen LogP contribution is -2.65. The second-order valence-electron chi connectivity index (χ2n) is 12.9. The van der Waals surface area contributed by atoms with Gasteiger partial charge in [-0.15, -0.1) is 0 Å². The molecule has 0 spiro atoms. The van der Waals surface area contributed by atoms with E-state index < -0.39 is 30.8 Å². The van der Waals surface area contributed by atoms with Crippen LogP contribution < -0.4 is 20.1 Å². The SMILES string of the molecule is CCN(CC)C(=O)c1cc(OC(=O)C(C)(C)C)c([Si](c2ncccn2)(C(C)C)C(C)C)c(OC(=O)C(C)(C)C)c1. The van der Waals surface area contributed by atoms with Gasteiger partial charge in [0.1, 0.15) is 16.9 Å². The summed E-state index contributed by atoms with van der Waals surface area (Å²) >= 11 is 0. The molecule has 0 saturated carbocycles. The van der Waals surface area contributed by atoms with E-state index in [1.54, 1.807) is 77.0 Å². The Morgan fingerprint density at radius 1 is 0.800 bits per heavy atom. The molecule has 0 unspecified atom stereocenters. The molecule has 220 valence electrons. The second kappa shape index (κ2) is 12.6. The molecule has 1 amide bonds. The summed E-state index contributed by atoms with van der Waals surface area (Å²) < 4.78 is 12.3. The molecule has 40 heavy (non-hydrogen) atoms. The molecule has 0 atom stereocenters. The van der Waals surface area contributed by atoms with E-state index in [1.807, 2.05) is 13.8 Å². The average Bonchev–Trinajstić information content (AvgIpc) is 2.85. The molecule has 0 aliphatic heterocycles. The zero-order valence-electron chi connectivity index (χ0n) is 26.3. The lowest BCUT2D eigenvalue weighted by molar-refractivity contribution is -0.143. The zero-order valence-corrected chi connectivity index (χ0v) is 27.3. The minimum Gasteiger partial charge on any atom is -0.426 e. The van der Waals surface area contributed by atoms with Crippen LogP contribution in [0.1, 0.15) is 93.4 Å². The van der Waals surface area contributed by atoms with Crippen LogP contribution in [0.15, 0.2) is 30.6 Å². The highest BCUT2D eigenvalue weighted by Crippen LogP contribution is 2.39. The third-order valence-electron chi connectivity index (χ3n) is 7.16. The van der Waals surface area contributed by atoms with Crippen LogP contribution in [0.4, 0.5) is 0 Å². The van der Waals surface area contributed by atoms with Gasteiger partial charge < -0.3 is 14.4 Å². The Morgan fingerprint density at radius 3 is 1.52 bits per heavy atom. The molecule has 1 aromatic carbocycles. The Morgan fingerprint density at radius 2 is 1.20 bits per heavy atom. The normalized spacial score (nSPS) is 12.4. The van der Waals surface area contributed by atoms with Gasteiger partial charge in [0.05, 0.1) is 10.8 Å². The zero-order chi connectivity index (χ0) is 30.6. The summed E-state index contributed by atoms with van der Waals surface area (Å²) in [6.45, 7) is 23.8. The number of benzene rings is 1. The third kappa shape index (κ3) is 6.79. The van der Waals surface area contributed by atoms with Crippen LogP contribution in [0.2, 0.25) is 11.1 Å². The van der Waals surface area contributed by atoms with E-state index in [2.05, 4.69) is 27.7 Å². The lowest BCUT2D eigenvalue weighted by atomic mass is 9.97. The summed E-state index contributed by atoms with van der Waals surface area (Å²) in [4.78, 5) is 51.4. The Bertz CT molecular complexity index is 1150. The van der Waals surface area contributed by atoms with Gasteiger partial charge in [-0.2, -0.15) is 0 Å². The highest BCUT2D eigenvalue weighted by Gasteiger charge is 2.51. The number of rotatable bonds is 9. The van der Waals surface area contributed by atoms with Gasteiger partial charge >= 0.3 is 11.9 Å². The van der Waals surface area contributed by atoms with Crippen molar-refractivity contribution in [2.45, 2.75) is 94.2 Å². The van der Waals surface area contributed by atoms with Crippen LogP contribution in [-0.4, -0.2) is 53.9 Å². The van der Waals surface area contributed by atoms with Crippen LogP contribution >= 0.6 is 0 Å². The summed E-state index contributed by atoms with van der Waals surface area (Å²) in [5.41, 5.74) is -0.686. The van der Waals surface area contributed by atoms with E-state index in [0.717, 1.165) is 0 Å². The van der Waals surface area contributed by atoms with Gasteiger partial charge in [-0.1, -0.05) is 27.7 Å². The van der Waals surface area contributed by atoms with Gasteiger partial charge in [0.2, 0.25) is 0 Å². The highest BCUT2D eigenvalue weighted by molar-refractivity contribution is 7.04. The fourth-order valence-electron chi connectivity index (χ4n) is 4.87. The predicted molar refractivity (Wildman–Crippen MR) is 161 cm³/mol. The molecule has 0 N–H and O–H groups in total. The standard InChI is InChI=1S/C31H47N3O5Si/c1-13-34(14-2)26(35)22-18-23(38-27(36)30(7,8)9)25(24(19-22)39-28(37)31(10,11)12)40(20(3)4,21(5)6)29-32-16-15-17-33-29/h15-21H,13-14H2,1-12H3. The summed E-state index contributed by atoms with van der Waals surface area (Å²) in [6.07, 6.45) is 3.41. The number of hydrogen-bond donors (Lipinski definition) is 0. The molecule has 0 fully saturated rings. The van der Waals surface area contributed by atoms with Crippen LogP contribution in [0.5, 0.6) is 11.5 Å². The first kappa shape index (κ1) is 33.1.